The van der Waals surface area contributed by atoms with Gasteiger partial charge in [-0.3, -0.25) is 0 Å². The van der Waals surface area contributed by atoms with E-state index in [9.17, 15) is 2.74 Å². The normalized spacial score (nSPS) is 14.7. The summed E-state index contributed by atoms with van der Waals surface area (Å²) in [5.74, 6) is 1.21. The first-order valence-electron chi connectivity index (χ1n) is 23.6. The molecule has 0 saturated heterocycles. The van der Waals surface area contributed by atoms with Gasteiger partial charge in [0.05, 0.1) is 27.5 Å². The molecule has 4 nitrogen and oxygen atoms in total. The van der Waals surface area contributed by atoms with Crippen molar-refractivity contribution in [2.24, 2.45) is 0 Å². The topological polar surface area (TPSA) is 43.6 Å². The van der Waals surface area contributed by atoms with Crippen molar-refractivity contribution in [2.45, 2.75) is 0 Å². The van der Waals surface area contributed by atoms with E-state index in [2.05, 4.69) is 36.4 Å². The molecular weight excluding hydrogens is 669 g/mol. The molecule has 2 aromatic heterocycles. The molecule has 0 aliphatic heterocycles. The third-order valence-electron chi connectivity index (χ3n) is 9.96. The lowest BCUT2D eigenvalue weighted by atomic mass is 9.93. The predicted molar refractivity (Wildman–Crippen MR) is 228 cm³/mol. The van der Waals surface area contributed by atoms with Crippen LogP contribution in [0.15, 0.2) is 194 Å². The Kier molecular flexibility index (Phi) is 4.89. The maximum absolute atomic E-state index is 9.47. The molecule has 0 aliphatic rings. The Morgan fingerprint density at radius 2 is 0.873 bits per heavy atom. The van der Waals surface area contributed by atoms with Crippen LogP contribution >= 0.6 is 0 Å². The summed E-state index contributed by atoms with van der Waals surface area (Å²) >= 11 is 0. The number of hydrogen-bond donors (Lipinski definition) is 0. The van der Waals surface area contributed by atoms with Crippen LogP contribution in [0.2, 0.25) is 0 Å². The second-order valence-electron chi connectivity index (χ2n) is 13.1. The third kappa shape index (κ3) is 5.19. The molecule has 0 radical (unpaired) electrons. The van der Waals surface area contributed by atoms with Crippen LogP contribution in [0.5, 0.6) is 0 Å². The highest BCUT2D eigenvalue weighted by Crippen LogP contribution is 2.38. The van der Waals surface area contributed by atoms with Crippen molar-refractivity contribution in [3.05, 3.63) is 194 Å². The van der Waals surface area contributed by atoms with E-state index < -0.39 is 83.6 Å². The molecule has 0 spiro atoms. The van der Waals surface area contributed by atoms with Gasteiger partial charge in [0.25, 0.3) is 0 Å². The highest BCUT2D eigenvalue weighted by atomic mass is 15.0. The van der Waals surface area contributed by atoms with Crippen LogP contribution in [-0.4, -0.2) is 19.5 Å². The molecule has 2 heterocycles. The Balaban J connectivity index is 1.12. The Morgan fingerprint density at radius 1 is 0.345 bits per heavy atom. The van der Waals surface area contributed by atoms with Gasteiger partial charge in [0, 0.05) is 33.2 Å². The molecule has 0 fully saturated rings. The van der Waals surface area contributed by atoms with E-state index >= 15 is 0 Å². The SMILES string of the molecule is [2H]c1c([2H])c([2H])c(-c2c([2H])c([2H])c3c(c2[2H])c2c([2H])c([2H])c([2H])c([2H])c2n3-c2ccc(-c3nc(-c4ccccc4)nc(-c4ccc5c6ccccc6c6ccccc6c5c4)n3)cc2)c([2H])c1[2H]. The summed E-state index contributed by atoms with van der Waals surface area (Å²) in [6, 6.07) is 32.0. The smallest absolute Gasteiger partial charge is 0.164 e. The van der Waals surface area contributed by atoms with Crippen molar-refractivity contribution < 1.29 is 16.4 Å². The van der Waals surface area contributed by atoms with Crippen LogP contribution in [0.1, 0.15) is 16.4 Å². The quantitative estimate of drug-likeness (QED) is 0.167. The predicted octanol–water partition coefficient (Wildman–Crippen LogP) is 13.1. The van der Waals surface area contributed by atoms with Crippen molar-refractivity contribution in [1.82, 2.24) is 19.5 Å². The van der Waals surface area contributed by atoms with Crippen molar-refractivity contribution in [1.29, 1.82) is 0 Å². The second-order valence-corrected chi connectivity index (χ2v) is 13.1. The molecule has 4 heteroatoms. The first kappa shape index (κ1) is 21.3. The van der Waals surface area contributed by atoms with Gasteiger partial charge in [-0.2, -0.15) is 0 Å². The number of nitrogens with zero attached hydrogens (tertiary/aromatic N) is 4. The molecule has 0 bridgehead atoms. The molecule has 0 amide bonds. The lowest BCUT2D eigenvalue weighted by molar-refractivity contribution is 1.07. The van der Waals surface area contributed by atoms with Gasteiger partial charge in [-0.25, -0.2) is 15.0 Å². The largest absolute Gasteiger partial charge is 0.309 e. The number of fused-ring (bicyclic) bond motifs is 9. The van der Waals surface area contributed by atoms with Crippen molar-refractivity contribution in [3.8, 4) is 51.0 Å². The van der Waals surface area contributed by atoms with E-state index in [-0.39, 0.29) is 21.8 Å². The fourth-order valence-corrected chi connectivity index (χ4v) is 7.43. The highest BCUT2D eigenvalue weighted by Gasteiger charge is 2.17. The van der Waals surface area contributed by atoms with Gasteiger partial charge in [0.2, 0.25) is 0 Å². The first-order chi connectivity index (χ1) is 32.3. The fraction of sp³-hybridized carbons (Fsp3) is 0. The van der Waals surface area contributed by atoms with Gasteiger partial charge >= 0.3 is 0 Å². The Bertz CT molecular complexity index is 3890. The first-order valence-corrected chi connectivity index (χ1v) is 17.6. The summed E-state index contributed by atoms with van der Waals surface area (Å²) < 4.78 is 107. The summed E-state index contributed by atoms with van der Waals surface area (Å²) in [4.78, 5) is 14.9. The number of rotatable bonds is 5. The molecular formula is C51H32N4. The monoisotopic (exact) mass is 712 g/mol. The molecule has 55 heavy (non-hydrogen) atoms. The number of aromatic nitrogens is 4. The molecule has 9 aromatic carbocycles. The summed E-state index contributed by atoms with van der Waals surface area (Å²) in [6.07, 6.45) is 0. The summed E-state index contributed by atoms with van der Waals surface area (Å²) in [6.45, 7) is 0. The summed E-state index contributed by atoms with van der Waals surface area (Å²) in [7, 11) is 0. The average Bonchev–Trinajstić information content (AvgIpc) is 3.73. The lowest BCUT2D eigenvalue weighted by Gasteiger charge is -2.13. The van der Waals surface area contributed by atoms with E-state index in [1.807, 2.05) is 60.7 Å². The van der Waals surface area contributed by atoms with Crippen molar-refractivity contribution in [2.75, 3.05) is 0 Å². The van der Waals surface area contributed by atoms with Crippen LogP contribution in [0, 0.1) is 0 Å². The molecule has 256 valence electrons. The number of para-hydroxylation sites is 1. The lowest BCUT2D eigenvalue weighted by Crippen LogP contribution is -2.00. The average molecular weight is 713 g/mol. The van der Waals surface area contributed by atoms with E-state index in [1.165, 1.54) is 4.57 Å². The van der Waals surface area contributed by atoms with Crippen LogP contribution < -0.4 is 0 Å². The minimum atomic E-state index is -0.688. The zero-order valence-corrected chi connectivity index (χ0v) is 28.8. The van der Waals surface area contributed by atoms with Gasteiger partial charge in [0.1, 0.15) is 0 Å². The Labute approximate surface area is 334 Å². The van der Waals surface area contributed by atoms with E-state index in [0.29, 0.717) is 28.7 Å². The minimum Gasteiger partial charge on any atom is -0.309 e. The number of hydrogen-bond acceptors (Lipinski definition) is 3. The molecule has 11 rings (SSSR count). The van der Waals surface area contributed by atoms with Gasteiger partial charge in [-0.1, -0.05) is 145 Å². The molecule has 0 aliphatic carbocycles. The third-order valence-corrected chi connectivity index (χ3v) is 9.96. The second kappa shape index (κ2) is 12.6. The Morgan fingerprint density at radius 3 is 1.56 bits per heavy atom. The molecule has 0 unspecified atom stereocenters. The van der Waals surface area contributed by atoms with Gasteiger partial charge < -0.3 is 4.57 Å². The maximum atomic E-state index is 9.47. The summed E-state index contributed by atoms with van der Waals surface area (Å²) in [5.41, 5.74) is 1.38. The van der Waals surface area contributed by atoms with Gasteiger partial charge in [-0.05, 0) is 91.9 Å². The molecule has 11 aromatic rings. The number of benzene rings is 9. The maximum Gasteiger partial charge on any atom is 0.164 e. The van der Waals surface area contributed by atoms with Crippen LogP contribution in [0.4, 0.5) is 0 Å². The molecule has 0 N–H and O–H groups in total. The highest BCUT2D eigenvalue weighted by molar-refractivity contribution is 6.25. The van der Waals surface area contributed by atoms with Crippen molar-refractivity contribution >= 4 is 54.1 Å². The van der Waals surface area contributed by atoms with Gasteiger partial charge in [0.15, 0.2) is 17.5 Å². The van der Waals surface area contributed by atoms with Gasteiger partial charge in [-0.15, -0.1) is 0 Å². The zero-order chi connectivity index (χ0) is 46.7. The van der Waals surface area contributed by atoms with E-state index in [0.717, 1.165) is 43.4 Å². The van der Waals surface area contributed by atoms with Crippen LogP contribution in [0.25, 0.3) is 105 Å². The molecule has 0 saturated carbocycles. The fourth-order valence-electron chi connectivity index (χ4n) is 7.43. The molecule has 0 atom stereocenters. The summed E-state index contributed by atoms with van der Waals surface area (Å²) in [5, 5.41) is 6.40. The van der Waals surface area contributed by atoms with Crippen LogP contribution in [0.3, 0.4) is 0 Å². The Hall–Kier alpha value is -7.43. The van der Waals surface area contributed by atoms with Crippen molar-refractivity contribution in [3.63, 3.8) is 0 Å². The van der Waals surface area contributed by atoms with E-state index in [1.54, 1.807) is 24.3 Å². The zero-order valence-electron chi connectivity index (χ0n) is 40.8. The van der Waals surface area contributed by atoms with E-state index in [4.69, 9.17) is 28.7 Å². The van der Waals surface area contributed by atoms with Crippen LogP contribution in [-0.2, 0) is 0 Å². The standard InChI is InChI=1S/C51H32N4/c1-3-13-33(14-4-1)36-26-30-48-46(31-36)44-21-11-12-22-47(44)55(48)38-27-23-35(24-28-38)50-52-49(34-15-5-2-6-16-34)53-51(54-50)37-25-29-43-41-19-8-7-17-39(41)40-18-9-10-20-42(40)45(43)32-37/h1-32H/i1D,3D,4D,11D,12D,13D,14D,21D,22D,26D,30D,31D. The minimum absolute atomic E-state index is 0.0706.